The van der Waals surface area contributed by atoms with Crippen molar-refractivity contribution in [1.82, 2.24) is 9.97 Å². The molecule has 1 N–H and O–H groups in total. The number of nitrogens with zero attached hydrogens (tertiary/aromatic N) is 1. The van der Waals surface area contributed by atoms with Gasteiger partial charge < -0.3 is 4.98 Å². The lowest BCUT2D eigenvalue weighted by Crippen LogP contribution is -2.12. The molecule has 0 bridgehead atoms. The van der Waals surface area contributed by atoms with Gasteiger partial charge >= 0.3 is 6.18 Å². The summed E-state index contributed by atoms with van der Waals surface area (Å²) in [5.74, 6) is -0.0354. The number of benzene rings is 1. The molecule has 0 aliphatic heterocycles. The highest BCUT2D eigenvalue weighted by Gasteiger charge is 2.29. The smallest absolute Gasteiger partial charge is 0.342 e. The van der Waals surface area contributed by atoms with Crippen molar-refractivity contribution in [3.8, 4) is 0 Å². The lowest BCUT2D eigenvalue weighted by atomic mass is 10.2. The summed E-state index contributed by atoms with van der Waals surface area (Å²) in [4.78, 5) is 6.58. The minimum atomic E-state index is -4.22. The second kappa shape index (κ2) is 3.25. The number of aromatic amines is 1. The van der Waals surface area contributed by atoms with Gasteiger partial charge in [0.15, 0.2) is 0 Å². The van der Waals surface area contributed by atoms with Gasteiger partial charge in [0.2, 0.25) is 0 Å². The van der Waals surface area contributed by atoms with E-state index in [0.29, 0.717) is 11.0 Å². The van der Waals surface area contributed by atoms with Gasteiger partial charge in [0.25, 0.3) is 0 Å². The summed E-state index contributed by atoms with van der Waals surface area (Å²) in [7, 11) is 0. The standard InChI is InChI=1S/C10H9F3N2/c1-6-3-2-4-7-9(6)15-8(14-7)5-10(11,12)13/h2-4H,5H2,1H3,(H,14,15). The second-order valence-electron chi connectivity index (χ2n) is 3.45. The van der Waals surface area contributed by atoms with E-state index in [2.05, 4.69) is 9.97 Å². The third-order valence-electron chi connectivity index (χ3n) is 2.13. The lowest BCUT2D eigenvalue weighted by Gasteiger charge is -2.01. The average Bonchev–Trinajstić information content (AvgIpc) is 2.45. The molecule has 0 aliphatic rings. The van der Waals surface area contributed by atoms with Crippen molar-refractivity contribution in [3.63, 3.8) is 0 Å². The Morgan fingerprint density at radius 2 is 2.07 bits per heavy atom. The lowest BCUT2D eigenvalue weighted by molar-refractivity contribution is -0.128. The van der Waals surface area contributed by atoms with Crippen molar-refractivity contribution in [1.29, 1.82) is 0 Å². The predicted octanol–water partition coefficient (Wildman–Crippen LogP) is 2.98. The number of rotatable bonds is 1. The maximum absolute atomic E-state index is 12.1. The SMILES string of the molecule is Cc1cccc2[nH]c(CC(F)(F)F)nc12. The summed E-state index contributed by atoms with van der Waals surface area (Å²) < 4.78 is 36.3. The molecule has 1 aromatic heterocycles. The van der Waals surface area contributed by atoms with Gasteiger partial charge in [-0.25, -0.2) is 4.98 Å². The number of alkyl halides is 3. The predicted molar refractivity (Wildman–Crippen MR) is 50.6 cm³/mol. The maximum atomic E-state index is 12.1. The molecule has 0 saturated heterocycles. The van der Waals surface area contributed by atoms with Crippen LogP contribution in [0.25, 0.3) is 11.0 Å². The van der Waals surface area contributed by atoms with E-state index < -0.39 is 12.6 Å². The highest BCUT2D eigenvalue weighted by atomic mass is 19.4. The molecule has 0 unspecified atom stereocenters. The van der Waals surface area contributed by atoms with Crippen molar-refractivity contribution < 1.29 is 13.2 Å². The Labute approximate surface area is 84.1 Å². The molecule has 2 aromatic rings. The molecule has 0 saturated carbocycles. The highest BCUT2D eigenvalue weighted by Crippen LogP contribution is 2.22. The van der Waals surface area contributed by atoms with Crippen LogP contribution >= 0.6 is 0 Å². The monoisotopic (exact) mass is 214 g/mol. The molecule has 0 atom stereocenters. The Hall–Kier alpha value is -1.52. The van der Waals surface area contributed by atoms with Crippen LogP contribution in [0.15, 0.2) is 18.2 Å². The number of aryl methyl sites for hydroxylation is 1. The second-order valence-corrected chi connectivity index (χ2v) is 3.45. The molecule has 2 nitrogen and oxygen atoms in total. The number of imidazole rings is 1. The van der Waals surface area contributed by atoms with Crippen LogP contribution in [0, 0.1) is 6.92 Å². The molecular weight excluding hydrogens is 205 g/mol. The quantitative estimate of drug-likeness (QED) is 0.776. The van der Waals surface area contributed by atoms with E-state index in [1.54, 1.807) is 12.1 Å². The zero-order chi connectivity index (χ0) is 11.1. The Kier molecular flexibility index (Phi) is 2.17. The summed E-state index contributed by atoms with van der Waals surface area (Å²) in [6, 6.07) is 5.32. The van der Waals surface area contributed by atoms with Crippen LogP contribution in [0.3, 0.4) is 0 Å². The van der Waals surface area contributed by atoms with Crippen molar-refractivity contribution in [2.75, 3.05) is 0 Å². The number of hydrogen-bond acceptors (Lipinski definition) is 1. The van der Waals surface area contributed by atoms with Crippen LogP contribution in [-0.4, -0.2) is 16.1 Å². The first-order valence-corrected chi connectivity index (χ1v) is 4.47. The minimum absolute atomic E-state index is 0.0354. The van der Waals surface area contributed by atoms with Crippen LogP contribution in [0.4, 0.5) is 13.2 Å². The van der Waals surface area contributed by atoms with E-state index in [0.717, 1.165) is 5.56 Å². The first-order chi connectivity index (χ1) is 6.96. The van der Waals surface area contributed by atoms with Crippen molar-refractivity contribution in [3.05, 3.63) is 29.6 Å². The number of hydrogen-bond donors (Lipinski definition) is 1. The Morgan fingerprint density at radius 1 is 1.33 bits per heavy atom. The number of fused-ring (bicyclic) bond motifs is 1. The number of H-pyrrole nitrogens is 1. The van der Waals surface area contributed by atoms with E-state index in [-0.39, 0.29) is 5.82 Å². The molecule has 5 heteroatoms. The largest absolute Gasteiger partial charge is 0.396 e. The van der Waals surface area contributed by atoms with Crippen molar-refractivity contribution >= 4 is 11.0 Å². The van der Waals surface area contributed by atoms with Gasteiger partial charge in [-0.15, -0.1) is 0 Å². The summed E-state index contributed by atoms with van der Waals surface area (Å²) in [6.07, 6.45) is -5.23. The third kappa shape index (κ3) is 2.11. The topological polar surface area (TPSA) is 28.7 Å². The molecule has 1 aromatic carbocycles. The fourth-order valence-corrected chi connectivity index (χ4v) is 1.50. The molecule has 0 fully saturated rings. The van der Waals surface area contributed by atoms with Crippen LogP contribution in [-0.2, 0) is 6.42 Å². The molecule has 2 rings (SSSR count). The van der Waals surface area contributed by atoms with Crippen LogP contribution in [0.5, 0.6) is 0 Å². The van der Waals surface area contributed by atoms with Crippen LogP contribution in [0.2, 0.25) is 0 Å². The van der Waals surface area contributed by atoms with Gasteiger partial charge in [-0.05, 0) is 18.6 Å². The molecule has 80 valence electrons. The number of para-hydroxylation sites is 1. The zero-order valence-electron chi connectivity index (χ0n) is 8.02. The normalized spacial score (nSPS) is 12.3. The van der Waals surface area contributed by atoms with Crippen LogP contribution in [0.1, 0.15) is 11.4 Å². The fraction of sp³-hybridized carbons (Fsp3) is 0.300. The highest BCUT2D eigenvalue weighted by molar-refractivity contribution is 5.78. The summed E-state index contributed by atoms with van der Waals surface area (Å²) in [5.41, 5.74) is 2.13. The molecule has 1 heterocycles. The molecule has 0 radical (unpaired) electrons. The molecular formula is C10H9F3N2. The summed E-state index contributed by atoms with van der Waals surface area (Å²) in [5, 5.41) is 0. The zero-order valence-corrected chi connectivity index (χ0v) is 8.02. The average molecular weight is 214 g/mol. The molecule has 0 aliphatic carbocycles. The molecule has 0 amide bonds. The van der Waals surface area contributed by atoms with E-state index in [4.69, 9.17) is 0 Å². The fourth-order valence-electron chi connectivity index (χ4n) is 1.50. The number of aromatic nitrogens is 2. The van der Waals surface area contributed by atoms with E-state index >= 15 is 0 Å². The Morgan fingerprint density at radius 3 is 2.67 bits per heavy atom. The van der Waals surface area contributed by atoms with Crippen molar-refractivity contribution in [2.24, 2.45) is 0 Å². The van der Waals surface area contributed by atoms with Gasteiger partial charge in [0, 0.05) is 0 Å². The number of halogens is 3. The van der Waals surface area contributed by atoms with Crippen molar-refractivity contribution in [2.45, 2.75) is 19.5 Å². The first kappa shape index (κ1) is 10.0. The van der Waals surface area contributed by atoms with Gasteiger partial charge in [-0.2, -0.15) is 13.2 Å². The van der Waals surface area contributed by atoms with E-state index in [1.165, 1.54) is 0 Å². The Bertz CT molecular complexity index is 485. The summed E-state index contributed by atoms with van der Waals surface area (Å²) >= 11 is 0. The third-order valence-corrected chi connectivity index (χ3v) is 2.13. The Balaban J connectivity index is 2.44. The maximum Gasteiger partial charge on any atom is 0.396 e. The minimum Gasteiger partial charge on any atom is -0.342 e. The van der Waals surface area contributed by atoms with Crippen LogP contribution < -0.4 is 0 Å². The van der Waals surface area contributed by atoms with Gasteiger partial charge in [0.1, 0.15) is 12.2 Å². The van der Waals surface area contributed by atoms with E-state index in [9.17, 15) is 13.2 Å². The first-order valence-electron chi connectivity index (χ1n) is 4.47. The van der Waals surface area contributed by atoms with Gasteiger partial charge in [-0.1, -0.05) is 12.1 Å². The molecule has 15 heavy (non-hydrogen) atoms. The van der Waals surface area contributed by atoms with E-state index in [1.807, 2.05) is 13.0 Å². The van der Waals surface area contributed by atoms with Gasteiger partial charge in [-0.3, -0.25) is 0 Å². The van der Waals surface area contributed by atoms with Gasteiger partial charge in [0.05, 0.1) is 11.0 Å². The summed E-state index contributed by atoms with van der Waals surface area (Å²) in [6.45, 7) is 1.82. The number of nitrogens with one attached hydrogen (secondary N) is 1. The molecule has 0 spiro atoms.